The van der Waals surface area contributed by atoms with Crippen molar-refractivity contribution in [2.75, 3.05) is 0 Å². The zero-order valence-electron chi connectivity index (χ0n) is 8.21. The van der Waals surface area contributed by atoms with Crippen molar-refractivity contribution in [3.05, 3.63) is 41.7 Å². The molecular formula is C10H11ClF3NO. The SMILES string of the molecule is C=CC[C@H](N)c1c(O)cc(F)c(F)c1F.Cl. The highest BCUT2D eigenvalue weighted by Gasteiger charge is 2.22. The molecule has 3 N–H and O–H groups in total. The van der Waals surface area contributed by atoms with Crippen molar-refractivity contribution >= 4 is 12.4 Å². The maximum Gasteiger partial charge on any atom is 0.195 e. The Balaban J connectivity index is 0.00000225. The Labute approximate surface area is 97.0 Å². The Kier molecular flexibility index (Phi) is 5.33. The molecule has 0 saturated heterocycles. The van der Waals surface area contributed by atoms with Crippen molar-refractivity contribution in [1.82, 2.24) is 0 Å². The summed E-state index contributed by atoms with van der Waals surface area (Å²) in [5, 5.41) is 9.23. The lowest BCUT2D eigenvalue weighted by atomic mass is 10.0. The number of rotatable bonds is 3. The van der Waals surface area contributed by atoms with E-state index in [2.05, 4.69) is 6.58 Å². The molecule has 0 fully saturated rings. The van der Waals surface area contributed by atoms with Crippen LogP contribution in [0.4, 0.5) is 13.2 Å². The minimum Gasteiger partial charge on any atom is -0.507 e. The first kappa shape index (κ1) is 14.8. The summed E-state index contributed by atoms with van der Waals surface area (Å²) in [4.78, 5) is 0. The molecule has 0 radical (unpaired) electrons. The van der Waals surface area contributed by atoms with Crippen molar-refractivity contribution in [2.45, 2.75) is 12.5 Å². The molecule has 0 saturated carbocycles. The van der Waals surface area contributed by atoms with Gasteiger partial charge < -0.3 is 10.8 Å². The first-order valence-corrected chi connectivity index (χ1v) is 4.21. The summed E-state index contributed by atoms with van der Waals surface area (Å²) in [5.41, 5.74) is 5.03. The van der Waals surface area contributed by atoms with E-state index in [1.807, 2.05) is 0 Å². The molecule has 0 unspecified atom stereocenters. The third kappa shape index (κ3) is 2.68. The van der Waals surface area contributed by atoms with Gasteiger partial charge in [0.1, 0.15) is 5.75 Å². The van der Waals surface area contributed by atoms with Gasteiger partial charge in [-0.1, -0.05) is 6.08 Å². The fourth-order valence-corrected chi connectivity index (χ4v) is 1.25. The first-order valence-electron chi connectivity index (χ1n) is 4.21. The average molecular weight is 254 g/mol. The highest BCUT2D eigenvalue weighted by atomic mass is 35.5. The zero-order valence-corrected chi connectivity index (χ0v) is 9.03. The Morgan fingerprint density at radius 2 is 1.94 bits per heavy atom. The molecular weight excluding hydrogens is 243 g/mol. The highest BCUT2D eigenvalue weighted by Crippen LogP contribution is 2.30. The number of hydrogen-bond donors (Lipinski definition) is 2. The van der Waals surface area contributed by atoms with Gasteiger partial charge in [0.25, 0.3) is 0 Å². The Morgan fingerprint density at radius 1 is 1.38 bits per heavy atom. The number of hydrogen-bond acceptors (Lipinski definition) is 2. The minimum atomic E-state index is -1.64. The maximum absolute atomic E-state index is 13.2. The second-order valence-corrected chi connectivity index (χ2v) is 3.05. The fourth-order valence-electron chi connectivity index (χ4n) is 1.25. The van der Waals surface area contributed by atoms with Crippen molar-refractivity contribution in [1.29, 1.82) is 0 Å². The molecule has 0 aliphatic heterocycles. The predicted molar refractivity (Wildman–Crippen MR) is 57.0 cm³/mol. The van der Waals surface area contributed by atoms with E-state index in [1.54, 1.807) is 0 Å². The number of phenolic OH excluding ortho intramolecular Hbond substituents is 1. The molecule has 1 aromatic carbocycles. The summed E-state index contributed by atoms with van der Waals surface area (Å²) >= 11 is 0. The molecule has 0 amide bonds. The van der Waals surface area contributed by atoms with Crippen LogP contribution in [0.3, 0.4) is 0 Å². The summed E-state index contributed by atoms with van der Waals surface area (Å²) < 4.78 is 38.7. The van der Waals surface area contributed by atoms with Crippen LogP contribution in [0.2, 0.25) is 0 Å². The van der Waals surface area contributed by atoms with Gasteiger partial charge in [-0.05, 0) is 6.42 Å². The van der Waals surface area contributed by atoms with Crippen LogP contribution in [0.1, 0.15) is 18.0 Å². The third-order valence-corrected chi connectivity index (χ3v) is 1.97. The molecule has 16 heavy (non-hydrogen) atoms. The molecule has 6 heteroatoms. The second kappa shape index (κ2) is 5.77. The van der Waals surface area contributed by atoms with E-state index >= 15 is 0 Å². The molecule has 0 spiro atoms. The van der Waals surface area contributed by atoms with E-state index in [0.717, 1.165) is 0 Å². The van der Waals surface area contributed by atoms with Crippen molar-refractivity contribution < 1.29 is 18.3 Å². The molecule has 1 aromatic rings. The van der Waals surface area contributed by atoms with Crippen molar-refractivity contribution in [3.8, 4) is 5.75 Å². The fraction of sp³-hybridized carbons (Fsp3) is 0.200. The topological polar surface area (TPSA) is 46.2 Å². The lowest BCUT2D eigenvalue weighted by molar-refractivity contribution is 0.401. The van der Waals surface area contributed by atoms with E-state index in [-0.39, 0.29) is 18.8 Å². The Hall–Kier alpha value is -1.20. The average Bonchev–Trinajstić information content (AvgIpc) is 2.15. The van der Waals surface area contributed by atoms with E-state index in [1.165, 1.54) is 6.08 Å². The smallest absolute Gasteiger partial charge is 0.195 e. The van der Waals surface area contributed by atoms with Crippen LogP contribution in [-0.2, 0) is 0 Å². The van der Waals surface area contributed by atoms with Crippen LogP contribution in [0.25, 0.3) is 0 Å². The summed E-state index contributed by atoms with van der Waals surface area (Å²) in [6, 6.07) is -0.450. The van der Waals surface area contributed by atoms with E-state index in [4.69, 9.17) is 5.73 Å². The summed E-state index contributed by atoms with van der Waals surface area (Å²) in [6.07, 6.45) is 1.54. The van der Waals surface area contributed by atoms with Gasteiger partial charge in [-0.25, -0.2) is 13.2 Å². The van der Waals surface area contributed by atoms with Crippen molar-refractivity contribution in [2.24, 2.45) is 5.73 Å². The number of phenols is 1. The van der Waals surface area contributed by atoms with Crippen LogP contribution in [0, 0.1) is 17.5 Å². The molecule has 0 bridgehead atoms. The van der Waals surface area contributed by atoms with Gasteiger partial charge >= 0.3 is 0 Å². The lowest BCUT2D eigenvalue weighted by Gasteiger charge is -2.13. The minimum absolute atomic E-state index is 0. The zero-order chi connectivity index (χ0) is 11.6. The molecule has 0 aliphatic carbocycles. The number of nitrogens with two attached hydrogens (primary N) is 1. The van der Waals surface area contributed by atoms with Gasteiger partial charge in [0.05, 0.1) is 0 Å². The standard InChI is InChI=1S/C10H10F3NO.ClH/c1-2-3-6(14)8-7(15)4-5(11)9(12)10(8)13;/h2,4,6,15H,1,3,14H2;1H/t6-;/m0./s1. The molecule has 2 nitrogen and oxygen atoms in total. The third-order valence-electron chi connectivity index (χ3n) is 1.97. The molecule has 1 atom stereocenters. The quantitative estimate of drug-likeness (QED) is 0.643. The van der Waals surface area contributed by atoms with E-state index in [0.29, 0.717) is 6.07 Å². The largest absolute Gasteiger partial charge is 0.507 e. The van der Waals surface area contributed by atoms with Gasteiger partial charge in [-0.15, -0.1) is 19.0 Å². The second-order valence-electron chi connectivity index (χ2n) is 3.05. The normalized spacial score (nSPS) is 11.8. The molecule has 0 aliphatic rings. The van der Waals surface area contributed by atoms with Gasteiger partial charge in [0.2, 0.25) is 0 Å². The van der Waals surface area contributed by atoms with Crippen LogP contribution < -0.4 is 5.73 Å². The monoisotopic (exact) mass is 253 g/mol. The van der Waals surface area contributed by atoms with Crippen LogP contribution in [0.15, 0.2) is 18.7 Å². The molecule has 90 valence electrons. The number of aromatic hydroxyl groups is 1. The van der Waals surface area contributed by atoms with Gasteiger partial charge in [-0.3, -0.25) is 0 Å². The molecule has 0 aromatic heterocycles. The lowest BCUT2D eigenvalue weighted by Crippen LogP contribution is -2.13. The van der Waals surface area contributed by atoms with E-state index in [9.17, 15) is 18.3 Å². The van der Waals surface area contributed by atoms with Crippen LogP contribution in [-0.4, -0.2) is 5.11 Å². The Morgan fingerprint density at radius 3 is 2.44 bits per heavy atom. The number of benzene rings is 1. The molecule has 0 heterocycles. The highest BCUT2D eigenvalue weighted by molar-refractivity contribution is 5.85. The van der Waals surface area contributed by atoms with Gasteiger partial charge in [0.15, 0.2) is 17.5 Å². The molecule has 1 rings (SSSR count). The predicted octanol–water partition coefficient (Wildman–Crippen LogP) is 2.81. The van der Waals surface area contributed by atoms with Gasteiger partial charge in [0, 0.05) is 17.7 Å². The first-order chi connectivity index (χ1) is 6.99. The maximum atomic E-state index is 13.2. The number of halogens is 4. The van der Waals surface area contributed by atoms with Gasteiger partial charge in [-0.2, -0.15) is 0 Å². The van der Waals surface area contributed by atoms with Crippen molar-refractivity contribution in [3.63, 3.8) is 0 Å². The summed E-state index contributed by atoms with van der Waals surface area (Å²) in [6.45, 7) is 3.37. The van der Waals surface area contributed by atoms with Crippen LogP contribution in [0.5, 0.6) is 5.75 Å². The Bertz CT molecular complexity index is 398. The van der Waals surface area contributed by atoms with Crippen LogP contribution >= 0.6 is 12.4 Å². The summed E-state index contributed by atoms with van der Waals surface area (Å²) in [5.74, 6) is -5.23. The summed E-state index contributed by atoms with van der Waals surface area (Å²) in [7, 11) is 0. The van der Waals surface area contributed by atoms with E-state index < -0.39 is 34.8 Å².